The molecule has 0 bridgehead atoms. The monoisotopic (exact) mass is 438 g/mol. The van der Waals surface area contributed by atoms with Crippen molar-refractivity contribution in [3.8, 4) is 0 Å². The molecule has 0 spiro atoms. The van der Waals surface area contributed by atoms with Gasteiger partial charge >= 0.3 is 0 Å². The Morgan fingerprint density at radius 1 is 1.04 bits per heavy atom. The van der Waals surface area contributed by atoms with Crippen LogP contribution in [0.3, 0.4) is 0 Å². The van der Waals surface area contributed by atoms with Crippen LogP contribution >= 0.6 is 27.5 Å². The molecule has 3 rings (SSSR count). The Kier molecular flexibility index (Phi) is 5.94. The minimum Gasteiger partial charge on any atom is -0.339 e. The number of rotatable bonds is 3. The van der Waals surface area contributed by atoms with Gasteiger partial charge in [0.2, 0.25) is 5.91 Å². The average Bonchev–Trinajstić information content (AvgIpc) is 2.64. The smallest absolute Gasteiger partial charge is 0.254 e. The average molecular weight is 440 g/mol. The maximum absolute atomic E-state index is 13.6. The number of carbonyl (C=O) groups is 2. The summed E-state index contributed by atoms with van der Waals surface area (Å²) in [6, 6.07) is 11.5. The maximum Gasteiger partial charge on any atom is 0.254 e. The molecule has 0 aromatic heterocycles. The SMILES string of the molecule is O=C(Cc1ccc(Br)c(F)c1)N1CCN(C(=O)c2cccc(Cl)c2)CC1. The van der Waals surface area contributed by atoms with Gasteiger partial charge in [-0.15, -0.1) is 0 Å². The van der Waals surface area contributed by atoms with Crippen LogP contribution in [0.4, 0.5) is 4.39 Å². The second-order valence-corrected chi connectivity index (χ2v) is 7.40. The van der Waals surface area contributed by atoms with Crippen LogP contribution in [0.5, 0.6) is 0 Å². The van der Waals surface area contributed by atoms with Gasteiger partial charge in [0.15, 0.2) is 0 Å². The van der Waals surface area contributed by atoms with Gasteiger partial charge in [-0.25, -0.2) is 4.39 Å². The van der Waals surface area contributed by atoms with E-state index in [1.165, 1.54) is 6.07 Å². The molecule has 2 aromatic rings. The van der Waals surface area contributed by atoms with E-state index in [2.05, 4.69) is 15.9 Å². The van der Waals surface area contributed by atoms with Crippen LogP contribution < -0.4 is 0 Å². The summed E-state index contributed by atoms with van der Waals surface area (Å²) >= 11 is 9.04. The summed E-state index contributed by atoms with van der Waals surface area (Å²) in [6.07, 6.45) is 0.145. The summed E-state index contributed by atoms with van der Waals surface area (Å²) in [5.41, 5.74) is 1.18. The number of halogens is 3. The van der Waals surface area contributed by atoms with Gasteiger partial charge in [-0.3, -0.25) is 9.59 Å². The van der Waals surface area contributed by atoms with E-state index in [-0.39, 0.29) is 24.1 Å². The lowest BCUT2D eigenvalue weighted by Crippen LogP contribution is -2.51. The molecule has 0 unspecified atom stereocenters. The van der Waals surface area contributed by atoms with Gasteiger partial charge in [-0.05, 0) is 51.8 Å². The van der Waals surface area contributed by atoms with E-state index in [9.17, 15) is 14.0 Å². The van der Waals surface area contributed by atoms with Crippen molar-refractivity contribution >= 4 is 39.3 Å². The van der Waals surface area contributed by atoms with Crippen LogP contribution in [-0.4, -0.2) is 47.8 Å². The molecule has 0 radical (unpaired) electrons. The molecule has 7 heteroatoms. The molecule has 0 N–H and O–H groups in total. The highest BCUT2D eigenvalue weighted by Gasteiger charge is 2.25. The van der Waals surface area contributed by atoms with Crippen molar-refractivity contribution in [2.75, 3.05) is 26.2 Å². The van der Waals surface area contributed by atoms with Crippen molar-refractivity contribution in [1.82, 2.24) is 9.80 Å². The summed E-state index contributed by atoms with van der Waals surface area (Å²) in [4.78, 5) is 28.4. The van der Waals surface area contributed by atoms with Crippen LogP contribution in [0.2, 0.25) is 5.02 Å². The van der Waals surface area contributed by atoms with E-state index in [1.807, 2.05) is 0 Å². The molecular formula is C19H17BrClFN2O2. The number of hydrogen-bond donors (Lipinski definition) is 0. The van der Waals surface area contributed by atoms with Crippen LogP contribution in [-0.2, 0) is 11.2 Å². The lowest BCUT2D eigenvalue weighted by Gasteiger charge is -2.35. The quantitative estimate of drug-likeness (QED) is 0.730. The first-order chi connectivity index (χ1) is 12.4. The minimum absolute atomic E-state index is 0.0680. The second kappa shape index (κ2) is 8.18. The van der Waals surface area contributed by atoms with E-state index >= 15 is 0 Å². The van der Waals surface area contributed by atoms with Crippen molar-refractivity contribution in [3.05, 3.63) is 68.9 Å². The molecule has 2 aromatic carbocycles. The Balaban J connectivity index is 1.56. The number of carbonyl (C=O) groups excluding carboxylic acids is 2. The molecule has 1 saturated heterocycles. The van der Waals surface area contributed by atoms with Gasteiger partial charge in [0, 0.05) is 36.8 Å². The summed E-state index contributed by atoms with van der Waals surface area (Å²) in [6.45, 7) is 1.85. The van der Waals surface area contributed by atoms with Gasteiger partial charge in [0.05, 0.1) is 10.9 Å². The Hall–Kier alpha value is -1.92. The maximum atomic E-state index is 13.6. The van der Waals surface area contributed by atoms with Gasteiger partial charge < -0.3 is 9.80 Å². The Morgan fingerprint density at radius 2 is 1.73 bits per heavy atom. The fourth-order valence-electron chi connectivity index (χ4n) is 2.90. The fraction of sp³-hybridized carbons (Fsp3) is 0.263. The summed E-state index contributed by atoms with van der Waals surface area (Å²) < 4.78 is 14.0. The number of nitrogens with zero attached hydrogens (tertiary/aromatic N) is 2. The van der Waals surface area contributed by atoms with Crippen LogP contribution in [0.1, 0.15) is 15.9 Å². The molecule has 0 saturated carbocycles. The lowest BCUT2D eigenvalue weighted by atomic mass is 10.1. The highest BCUT2D eigenvalue weighted by atomic mass is 79.9. The summed E-state index contributed by atoms with van der Waals surface area (Å²) in [7, 11) is 0. The number of benzene rings is 2. The molecule has 0 aliphatic carbocycles. The first-order valence-electron chi connectivity index (χ1n) is 8.20. The number of amides is 2. The van der Waals surface area contributed by atoms with Gasteiger partial charge in [0.25, 0.3) is 5.91 Å². The molecule has 2 amide bonds. The summed E-state index contributed by atoms with van der Waals surface area (Å²) in [5, 5.41) is 0.520. The zero-order chi connectivity index (χ0) is 18.7. The molecule has 0 atom stereocenters. The van der Waals surface area contributed by atoms with Crippen LogP contribution in [0.15, 0.2) is 46.9 Å². The van der Waals surface area contributed by atoms with Gasteiger partial charge in [0.1, 0.15) is 5.82 Å². The standard InChI is InChI=1S/C19H17BrClFN2O2/c20-16-5-4-13(10-17(16)22)11-18(25)23-6-8-24(9-7-23)19(26)14-2-1-3-15(21)12-14/h1-5,10,12H,6-9,11H2. The topological polar surface area (TPSA) is 40.6 Å². The first-order valence-corrected chi connectivity index (χ1v) is 9.37. The molecule has 4 nitrogen and oxygen atoms in total. The zero-order valence-corrected chi connectivity index (χ0v) is 16.3. The molecule has 26 heavy (non-hydrogen) atoms. The van der Waals surface area contributed by atoms with Crippen molar-refractivity contribution in [1.29, 1.82) is 0 Å². The largest absolute Gasteiger partial charge is 0.339 e. The molecule has 136 valence electrons. The van der Waals surface area contributed by atoms with Crippen LogP contribution in [0.25, 0.3) is 0 Å². The second-order valence-electron chi connectivity index (χ2n) is 6.11. The predicted octanol–water partition coefficient (Wildman–Crippen LogP) is 3.77. The number of piperazine rings is 1. The van der Waals surface area contributed by atoms with Crippen molar-refractivity contribution in [2.45, 2.75) is 6.42 Å². The minimum atomic E-state index is -0.382. The van der Waals surface area contributed by atoms with E-state index < -0.39 is 0 Å². The Morgan fingerprint density at radius 3 is 2.38 bits per heavy atom. The van der Waals surface area contributed by atoms with E-state index in [4.69, 9.17) is 11.6 Å². The van der Waals surface area contributed by atoms with E-state index in [0.29, 0.717) is 46.8 Å². The lowest BCUT2D eigenvalue weighted by molar-refractivity contribution is -0.131. The van der Waals surface area contributed by atoms with Crippen molar-refractivity contribution in [3.63, 3.8) is 0 Å². The molecule has 1 aliphatic heterocycles. The molecule has 1 aliphatic rings. The van der Waals surface area contributed by atoms with Crippen molar-refractivity contribution < 1.29 is 14.0 Å². The highest BCUT2D eigenvalue weighted by Crippen LogP contribution is 2.18. The molecule has 1 fully saturated rings. The first kappa shape index (κ1) is 18.9. The molecular weight excluding hydrogens is 423 g/mol. The van der Waals surface area contributed by atoms with Crippen LogP contribution in [0, 0.1) is 5.82 Å². The normalized spacial score (nSPS) is 14.4. The van der Waals surface area contributed by atoms with Gasteiger partial charge in [-0.1, -0.05) is 23.7 Å². The van der Waals surface area contributed by atoms with Crippen molar-refractivity contribution in [2.24, 2.45) is 0 Å². The summed E-state index contributed by atoms with van der Waals surface area (Å²) in [5.74, 6) is -0.539. The van der Waals surface area contributed by atoms with E-state index in [1.54, 1.807) is 46.2 Å². The molecule has 1 heterocycles. The highest BCUT2D eigenvalue weighted by molar-refractivity contribution is 9.10. The van der Waals surface area contributed by atoms with Gasteiger partial charge in [-0.2, -0.15) is 0 Å². The zero-order valence-electron chi connectivity index (χ0n) is 13.9. The third-order valence-electron chi connectivity index (χ3n) is 4.33. The fourth-order valence-corrected chi connectivity index (χ4v) is 3.34. The predicted molar refractivity (Wildman–Crippen MR) is 102 cm³/mol. The Labute approximate surface area is 164 Å². The van der Waals surface area contributed by atoms with E-state index in [0.717, 1.165) is 0 Å². The number of hydrogen-bond acceptors (Lipinski definition) is 2. The Bertz CT molecular complexity index is 838. The third kappa shape index (κ3) is 4.43. The third-order valence-corrected chi connectivity index (χ3v) is 5.21.